The molecule has 0 aromatic heterocycles. The molecule has 0 unspecified atom stereocenters. The van der Waals surface area contributed by atoms with Gasteiger partial charge in [-0.2, -0.15) is 8.78 Å². The zero-order valence-electron chi connectivity index (χ0n) is 8.78. The van der Waals surface area contributed by atoms with E-state index in [-0.39, 0.29) is 11.8 Å². The molecule has 2 nitrogen and oxygen atoms in total. The zero-order chi connectivity index (χ0) is 11.4. The Morgan fingerprint density at radius 3 is 2.07 bits per heavy atom. The van der Waals surface area contributed by atoms with Gasteiger partial charge in [0.25, 0.3) is 0 Å². The van der Waals surface area contributed by atoms with Crippen LogP contribution in [0.25, 0.3) is 0 Å². The summed E-state index contributed by atoms with van der Waals surface area (Å²) in [4.78, 5) is 0. The van der Waals surface area contributed by atoms with Crippen molar-refractivity contribution in [2.75, 3.05) is 0 Å². The quantitative estimate of drug-likeness (QED) is 0.838. The van der Waals surface area contributed by atoms with Gasteiger partial charge in [-0.1, -0.05) is 26.0 Å². The number of hydrogen-bond acceptors (Lipinski definition) is 2. The van der Waals surface area contributed by atoms with Crippen LogP contribution in [-0.4, -0.2) is 6.61 Å². The zero-order valence-corrected chi connectivity index (χ0v) is 8.78. The second kappa shape index (κ2) is 5.07. The molecule has 0 aliphatic rings. The minimum Gasteiger partial charge on any atom is -0.435 e. The molecule has 15 heavy (non-hydrogen) atoms. The summed E-state index contributed by atoms with van der Waals surface area (Å²) in [7, 11) is 0. The number of hydrogen-bond donors (Lipinski definition) is 1. The largest absolute Gasteiger partial charge is 0.435 e. The first-order chi connectivity index (χ1) is 7.00. The van der Waals surface area contributed by atoms with Crippen LogP contribution in [0.1, 0.15) is 25.5 Å². The average Bonchev–Trinajstić information content (AvgIpc) is 2.17. The Balaban J connectivity index is 2.72. The van der Waals surface area contributed by atoms with Crippen molar-refractivity contribution in [1.29, 1.82) is 0 Å². The second-order valence-electron chi connectivity index (χ2n) is 3.72. The molecule has 1 aromatic rings. The number of rotatable bonds is 4. The smallest absolute Gasteiger partial charge is 0.387 e. The lowest BCUT2D eigenvalue weighted by Crippen LogP contribution is -2.16. The van der Waals surface area contributed by atoms with Gasteiger partial charge in [-0.25, -0.2) is 0 Å². The monoisotopic (exact) mass is 215 g/mol. The maximum atomic E-state index is 11.9. The summed E-state index contributed by atoms with van der Waals surface area (Å²) in [6.45, 7) is 1.23. The standard InChI is InChI=1S/C11H15F2NO/c1-7(2)10(14)8-3-5-9(6-4-8)15-11(12)13/h3-7,10-11H,14H2,1-2H3/t10-/m1/s1. The van der Waals surface area contributed by atoms with Gasteiger partial charge in [-0.05, 0) is 23.6 Å². The van der Waals surface area contributed by atoms with E-state index < -0.39 is 6.61 Å². The average molecular weight is 215 g/mol. The van der Waals surface area contributed by atoms with E-state index in [4.69, 9.17) is 5.73 Å². The van der Waals surface area contributed by atoms with Gasteiger partial charge in [-0.3, -0.25) is 0 Å². The third kappa shape index (κ3) is 3.47. The van der Waals surface area contributed by atoms with Crippen molar-refractivity contribution in [1.82, 2.24) is 0 Å². The summed E-state index contributed by atoms with van der Waals surface area (Å²) < 4.78 is 28.0. The third-order valence-corrected chi connectivity index (χ3v) is 2.21. The van der Waals surface area contributed by atoms with Crippen molar-refractivity contribution in [3.8, 4) is 5.75 Å². The fraction of sp³-hybridized carbons (Fsp3) is 0.455. The normalized spacial score (nSPS) is 13.3. The molecule has 0 bridgehead atoms. The molecule has 0 fully saturated rings. The summed E-state index contributed by atoms with van der Waals surface area (Å²) in [6, 6.07) is 6.35. The van der Waals surface area contributed by atoms with Gasteiger partial charge >= 0.3 is 6.61 Å². The van der Waals surface area contributed by atoms with Crippen LogP contribution in [0.4, 0.5) is 8.78 Å². The SMILES string of the molecule is CC(C)[C@@H](N)c1ccc(OC(F)F)cc1. The van der Waals surface area contributed by atoms with Gasteiger partial charge in [0.15, 0.2) is 0 Å². The molecule has 0 aliphatic carbocycles. The molecular weight excluding hydrogens is 200 g/mol. The lowest BCUT2D eigenvalue weighted by molar-refractivity contribution is -0.0498. The lowest BCUT2D eigenvalue weighted by Gasteiger charge is -2.16. The molecule has 2 N–H and O–H groups in total. The van der Waals surface area contributed by atoms with Crippen molar-refractivity contribution in [2.24, 2.45) is 11.7 Å². The molecule has 1 rings (SSSR count). The fourth-order valence-electron chi connectivity index (χ4n) is 1.26. The maximum Gasteiger partial charge on any atom is 0.387 e. The van der Waals surface area contributed by atoms with Crippen LogP contribution in [0.3, 0.4) is 0 Å². The Morgan fingerprint density at radius 1 is 1.13 bits per heavy atom. The lowest BCUT2D eigenvalue weighted by atomic mass is 9.97. The number of alkyl halides is 2. The van der Waals surface area contributed by atoms with Crippen molar-refractivity contribution in [3.05, 3.63) is 29.8 Å². The molecule has 0 saturated heterocycles. The van der Waals surface area contributed by atoms with E-state index >= 15 is 0 Å². The first kappa shape index (κ1) is 11.9. The van der Waals surface area contributed by atoms with E-state index in [1.807, 2.05) is 13.8 Å². The molecule has 0 aliphatic heterocycles. The van der Waals surface area contributed by atoms with Crippen LogP contribution in [0.5, 0.6) is 5.75 Å². The molecule has 4 heteroatoms. The highest BCUT2D eigenvalue weighted by Crippen LogP contribution is 2.22. The Kier molecular flexibility index (Phi) is 4.03. The van der Waals surface area contributed by atoms with E-state index in [1.54, 1.807) is 12.1 Å². The molecule has 0 heterocycles. The summed E-state index contributed by atoms with van der Waals surface area (Å²) in [5.74, 6) is 0.469. The Labute approximate surface area is 88.0 Å². The van der Waals surface area contributed by atoms with Crippen molar-refractivity contribution in [3.63, 3.8) is 0 Å². The van der Waals surface area contributed by atoms with E-state index in [0.717, 1.165) is 5.56 Å². The Hall–Kier alpha value is -1.16. The highest BCUT2D eigenvalue weighted by Gasteiger charge is 2.10. The van der Waals surface area contributed by atoms with Crippen LogP contribution in [0.2, 0.25) is 0 Å². The first-order valence-electron chi connectivity index (χ1n) is 4.81. The van der Waals surface area contributed by atoms with Crippen LogP contribution in [0.15, 0.2) is 24.3 Å². The highest BCUT2D eigenvalue weighted by atomic mass is 19.3. The van der Waals surface area contributed by atoms with Crippen molar-refractivity contribution in [2.45, 2.75) is 26.5 Å². The number of ether oxygens (including phenoxy) is 1. The number of nitrogens with two attached hydrogens (primary N) is 1. The summed E-state index contributed by atoms with van der Waals surface area (Å²) >= 11 is 0. The van der Waals surface area contributed by atoms with Gasteiger partial charge in [0.1, 0.15) is 5.75 Å². The van der Waals surface area contributed by atoms with Crippen LogP contribution >= 0.6 is 0 Å². The van der Waals surface area contributed by atoms with Crippen molar-refractivity contribution < 1.29 is 13.5 Å². The van der Waals surface area contributed by atoms with E-state index in [9.17, 15) is 8.78 Å². The van der Waals surface area contributed by atoms with E-state index in [0.29, 0.717) is 5.92 Å². The van der Waals surface area contributed by atoms with Gasteiger partial charge in [0.2, 0.25) is 0 Å². The Morgan fingerprint density at radius 2 is 1.67 bits per heavy atom. The second-order valence-corrected chi connectivity index (χ2v) is 3.72. The third-order valence-electron chi connectivity index (χ3n) is 2.21. The van der Waals surface area contributed by atoms with Gasteiger partial charge in [0, 0.05) is 6.04 Å². The highest BCUT2D eigenvalue weighted by molar-refractivity contribution is 5.29. The van der Waals surface area contributed by atoms with E-state index in [2.05, 4.69) is 4.74 Å². The minimum absolute atomic E-state index is 0.0781. The number of benzene rings is 1. The van der Waals surface area contributed by atoms with Crippen molar-refractivity contribution >= 4 is 0 Å². The molecule has 84 valence electrons. The topological polar surface area (TPSA) is 35.2 Å². The fourth-order valence-corrected chi connectivity index (χ4v) is 1.26. The maximum absolute atomic E-state index is 11.9. The van der Waals surface area contributed by atoms with E-state index in [1.165, 1.54) is 12.1 Å². The van der Waals surface area contributed by atoms with Gasteiger partial charge in [-0.15, -0.1) is 0 Å². The summed E-state index contributed by atoms with van der Waals surface area (Å²) in [5, 5.41) is 0. The predicted molar refractivity (Wildman–Crippen MR) is 54.8 cm³/mol. The molecule has 0 spiro atoms. The van der Waals surface area contributed by atoms with Crippen LogP contribution in [0, 0.1) is 5.92 Å². The molecular formula is C11H15F2NO. The van der Waals surface area contributed by atoms with Gasteiger partial charge in [0.05, 0.1) is 0 Å². The number of halogens is 2. The first-order valence-corrected chi connectivity index (χ1v) is 4.81. The molecule has 0 radical (unpaired) electrons. The molecule has 1 aromatic carbocycles. The van der Waals surface area contributed by atoms with Gasteiger partial charge < -0.3 is 10.5 Å². The minimum atomic E-state index is -2.78. The van der Waals surface area contributed by atoms with Crippen LogP contribution in [-0.2, 0) is 0 Å². The summed E-state index contributed by atoms with van der Waals surface area (Å²) in [5.41, 5.74) is 6.82. The predicted octanol–water partition coefficient (Wildman–Crippen LogP) is 2.94. The molecule has 1 atom stereocenters. The van der Waals surface area contributed by atoms with Crippen LogP contribution < -0.4 is 10.5 Å². The molecule has 0 saturated carbocycles. The molecule has 0 amide bonds. The Bertz CT molecular complexity index is 298. The summed E-state index contributed by atoms with van der Waals surface area (Å²) in [6.07, 6.45) is 0.